The van der Waals surface area contributed by atoms with E-state index in [9.17, 15) is 0 Å². The summed E-state index contributed by atoms with van der Waals surface area (Å²) in [4.78, 5) is 11.5. The Hall–Kier alpha value is -2.38. The predicted molar refractivity (Wildman–Crippen MR) is 134 cm³/mol. The van der Waals surface area contributed by atoms with Gasteiger partial charge in [0.05, 0.1) is 16.1 Å². The Morgan fingerprint density at radius 1 is 0.781 bits per heavy atom. The van der Waals surface area contributed by atoms with Gasteiger partial charge in [-0.25, -0.2) is 0 Å². The van der Waals surface area contributed by atoms with Crippen molar-refractivity contribution in [1.29, 1.82) is 0 Å². The summed E-state index contributed by atoms with van der Waals surface area (Å²) in [5, 5.41) is 5.83. The molecule has 3 heterocycles. The summed E-state index contributed by atoms with van der Waals surface area (Å²) in [7, 11) is -3.88. The van der Waals surface area contributed by atoms with Crippen LogP contribution in [0.1, 0.15) is 0 Å². The van der Waals surface area contributed by atoms with E-state index in [1.54, 1.807) is 12.4 Å². The van der Waals surface area contributed by atoms with Gasteiger partial charge in [-0.1, -0.05) is 62.6 Å². The molecule has 0 saturated carbocycles. The number of nitrogens with zero attached hydrogens (tertiary/aromatic N) is 3. The van der Waals surface area contributed by atoms with Crippen molar-refractivity contribution in [2.24, 2.45) is 0 Å². The Kier molecular flexibility index (Phi) is 4.91. The Morgan fingerprint density at radius 2 is 1.41 bits per heavy atom. The largest absolute Gasteiger partial charge is 0.352 e. The molecule has 0 fully saturated rings. The number of rotatable bonds is 1. The van der Waals surface area contributed by atoms with Gasteiger partial charge in [-0.2, -0.15) is 0 Å². The van der Waals surface area contributed by atoms with Crippen LogP contribution in [0.15, 0.2) is 73.2 Å². The van der Waals surface area contributed by atoms with Gasteiger partial charge < -0.3 is 9.88 Å². The molecular weight excluding hydrogens is 603 g/mol. The van der Waals surface area contributed by atoms with Gasteiger partial charge in [0.2, 0.25) is 0 Å². The molecule has 2 aliphatic rings. The third-order valence-corrected chi connectivity index (χ3v) is 13.9. The van der Waals surface area contributed by atoms with E-state index in [1.165, 1.54) is 37.8 Å². The van der Waals surface area contributed by atoms with Crippen LogP contribution in [0.4, 0.5) is 17.1 Å². The van der Waals surface area contributed by atoms with Crippen LogP contribution in [0.5, 0.6) is 0 Å². The topological polar surface area (TPSA) is 29.0 Å². The van der Waals surface area contributed by atoms with Gasteiger partial charge in [0.25, 0.3) is 0 Å². The second kappa shape index (κ2) is 7.32. The first-order valence-corrected chi connectivity index (χ1v) is 16.8. The summed E-state index contributed by atoms with van der Waals surface area (Å²) < 4.78 is 0. The fraction of sp³-hybridized carbons (Fsp3) is 0.154. The minimum absolute atomic E-state index is 0. The Balaban J connectivity index is 0.00000216. The average molecular weight is 627 g/mol. The van der Waals surface area contributed by atoms with Gasteiger partial charge in [-0.3, -0.25) is 4.98 Å². The number of hydrogen-bond acceptors (Lipinski definition) is 3. The molecule has 32 heavy (non-hydrogen) atoms. The molecule has 6 rings (SSSR count). The zero-order valence-corrected chi connectivity index (χ0v) is 23.0. The Bertz CT molecular complexity index is 1270. The third-order valence-electron chi connectivity index (χ3n) is 7.04. The zero-order valence-electron chi connectivity index (χ0n) is 18.6. The molecule has 4 aromatic rings. The molecule has 3 nitrogen and oxygen atoms in total. The van der Waals surface area contributed by atoms with Crippen molar-refractivity contribution in [2.75, 3.05) is 4.90 Å². The van der Waals surface area contributed by atoms with Crippen molar-refractivity contribution in [1.82, 2.24) is 9.97 Å². The van der Waals surface area contributed by atoms with E-state index in [4.69, 9.17) is 0 Å². The quantitative estimate of drug-likeness (QED) is 0.239. The number of para-hydroxylation sites is 2. The SMILES string of the molecule is C[Si]1(C)c2[c-]c(-c3cnccn3)cc3c2N(c2ccccc21)c1ccccc1[Si]3(C)C.[Ir]. The molecule has 3 aromatic carbocycles. The molecule has 1 aromatic heterocycles. The number of anilines is 3. The zero-order chi connectivity index (χ0) is 21.4. The van der Waals surface area contributed by atoms with E-state index in [2.05, 4.69) is 102 Å². The first kappa shape index (κ1) is 21.5. The monoisotopic (exact) mass is 627 g/mol. The summed E-state index contributed by atoms with van der Waals surface area (Å²) in [6.45, 7) is 9.89. The van der Waals surface area contributed by atoms with E-state index in [0.29, 0.717) is 0 Å². The maximum Gasteiger partial charge on any atom is 0.0975 e. The van der Waals surface area contributed by atoms with E-state index in [0.717, 1.165) is 11.3 Å². The van der Waals surface area contributed by atoms with Gasteiger partial charge in [-0.05, 0) is 28.2 Å². The van der Waals surface area contributed by atoms with Gasteiger partial charge in [0.15, 0.2) is 0 Å². The van der Waals surface area contributed by atoms with Gasteiger partial charge >= 0.3 is 0 Å². The van der Waals surface area contributed by atoms with Crippen LogP contribution in [-0.2, 0) is 20.1 Å². The molecule has 0 unspecified atom stereocenters. The van der Waals surface area contributed by atoms with Crippen LogP contribution < -0.4 is 25.6 Å². The molecular formula is C26H24IrN3Si2-. The fourth-order valence-corrected chi connectivity index (χ4v) is 11.4. The summed E-state index contributed by atoms with van der Waals surface area (Å²) in [5.41, 5.74) is 6.04. The number of aromatic nitrogens is 2. The average Bonchev–Trinajstić information content (AvgIpc) is 2.79. The van der Waals surface area contributed by atoms with Crippen molar-refractivity contribution in [3.05, 3.63) is 79.3 Å². The van der Waals surface area contributed by atoms with Crippen LogP contribution in [0.2, 0.25) is 26.2 Å². The van der Waals surface area contributed by atoms with Gasteiger partial charge in [0.1, 0.15) is 0 Å². The van der Waals surface area contributed by atoms with E-state index in [-0.39, 0.29) is 20.1 Å². The molecule has 161 valence electrons. The molecule has 0 bridgehead atoms. The maximum atomic E-state index is 4.62. The molecule has 1 radical (unpaired) electrons. The molecule has 0 N–H and O–H groups in total. The van der Waals surface area contributed by atoms with Crippen molar-refractivity contribution in [3.63, 3.8) is 0 Å². The fourth-order valence-electron chi connectivity index (χ4n) is 5.36. The Labute approximate surface area is 204 Å². The summed E-state index contributed by atoms with van der Waals surface area (Å²) in [6, 6.07) is 24.2. The molecule has 0 saturated heterocycles. The standard InChI is InChI=1S/C26H24N3Si2.Ir/c1-30(2)22-11-7-5-9-20(22)29-21-10-6-8-12-23(21)31(3,4)25-16-18(15-24(30)26(25)29)19-17-27-13-14-28-19;/h5-15,17H,1-4H3;/q-1;. The summed E-state index contributed by atoms with van der Waals surface area (Å²) >= 11 is 0. The maximum absolute atomic E-state index is 4.62. The molecule has 0 spiro atoms. The van der Waals surface area contributed by atoms with Gasteiger partial charge in [0, 0.05) is 55.8 Å². The number of fused-ring (bicyclic) bond motifs is 4. The van der Waals surface area contributed by atoms with Crippen LogP contribution in [0, 0.1) is 6.07 Å². The van der Waals surface area contributed by atoms with Gasteiger partial charge in [-0.15, -0.1) is 28.1 Å². The number of hydrogen-bond donors (Lipinski definition) is 0. The van der Waals surface area contributed by atoms with Crippen LogP contribution in [0.25, 0.3) is 11.3 Å². The normalized spacial score (nSPS) is 16.3. The minimum Gasteiger partial charge on any atom is -0.352 e. The molecule has 0 atom stereocenters. The number of benzene rings is 3. The van der Waals surface area contributed by atoms with Crippen molar-refractivity contribution < 1.29 is 20.1 Å². The molecule has 0 amide bonds. The second-order valence-electron chi connectivity index (χ2n) is 9.53. The molecule has 0 aliphatic carbocycles. The van der Waals surface area contributed by atoms with Crippen molar-refractivity contribution >= 4 is 54.0 Å². The van der Waals surface area contributed by atoms with Crippen LogP contribution >= 0.6 is 0 Å². The van der Waals surface area contributed by atoms with E-state index >= 15 is 0 Å². The Morgan fingerprint density at radius 3 is 2.03 bits per heavy atom. The third kappa shape index (κ3) is 2.80. The predicted octanol–water partition coefficient (Wildman–Crippen LogP) is 3.68. The molecule has 2 aliphatic heterocycles. The van der Waals surface area contributed by atoms with Crippen LogP contribution in [-0.4, -0.2) is 26.1 Å². The van der Waals surface area contributed by atoms with E-state index in [1.807, 2.05) is 6.20 Å². The smallest absolute Gasteiger partial charge is 0.0975 e. The first-order chi connectivity index (χ1) is 14.9. The second-order valence-corrected chi connectivity index (χ2v) is 18.1. The first-order valence-electron chi connectivity index (χ1n) is 10.8. The summed E-state index contributed by atoms with van der Waals surface area (Å²) in [5.74, 6) is 0. The summed E-state index contributed by atoms with van der Waals surface area (Å²) in [6.07, 6.45) is 5.37. The minimum atomic E-state index is -1.96. The van der Waals surface area contributed by atoms with Crippen molar-refractivity contribution in [3.8, 4) is 11.3 Å². The molecule has 6 heteroatoms. The van der Waals surface area contributed by atoms with Crippen LogP contribution in [0.3, 0.4) is 0 Å². The van der Waals surface area contributed by atoms with Crippen molar-refractivity contribution in [2.45, 2.75) is 26.2 Å². The van der Waals surface area contributed by atoms with E-state index < -0.39 is 16.1 Å².